The van der Waals surface area contributed by atoms with Crippen molar-refractivity contribution >= 4 is 28.5 Å². The molecule has 4 rings (SSSR count). The van der Waals surface area contributed by atoms with E-state index in [0.717, 1.165) is 16.6 Å². The number of carbonyl (C=O) groups is 1. The fourth-order valence-corrected chi connectivity index (χ4v) is 3.22. The third-order valence-corrected chi connectivity index (χ3v) is 5.00. The minimum atomic E-state index is -0.107. The van der Waals surface area contributed by atoms with Crippen LogP contribution < -0.4 is 0 Å². The van der Waals surface area contributed by atoms with Crippen molar-refractivity contribution in [3.05, 3.63) is 101 Å². The maximum atomic E-state index is 13.3. The summed E-state index contributed by atoms with van der Waals surface area (Å²) in [6.07, 6.45) is 1.86. The van der Waals surface area contributed by atoms with E-state index in [4.69, 9.17) is 4.42 Å². The van der Waals surface area contributed by atoms with Gasteiger partial charge < -0.3 is 4.42 Å². The molecule has 0 bridgehead atoms. The average molecular weight is 381 g/mol. The Balaban J connectivity index is 1.81. The van der Waals surface area contributed by atoms with Crippen LogP contribution in [-0.4, -0.2) is 10.8 Å². The zero-order valence-electron chi connectivity index (χ0n) is 16.8. The number of ketones is 1. The summed E-state index contributed by atoms with van der Waals surface area (Å²) in [5.74, 6) is 0.688. The van der Waals surface area contributed by atoms with Gasteiger partial charge in [-0.2, -0.15) is 0 Å². The SMILES string of the molecule is Cc1ccc(C(=O)C(=Cc2ccc(C(C)C)cc2)c2nc3ccccc3o2)cc1. The molecule has 1 heterocycles. The molecule has 1 aromatic heterocycles. The Morgan fingerprint density at radius 1 is 0.931 bits per heavy atom. The van der Waals surface area contributed by atoms with Crippen molar-refractivity contribution in [1.82, 2.24) is 4.98 Å². The Morgan fingerprint density at radius 2 is 1.62 bits per heavy atom. The first-order chi connectivity index (χ1) is 14.0. The number of fused-ring (bicyclic) bond motifs is 1. The van der Waals surface area contributed by atoms with Crippen LogP contribution in [0, 0.1) is 6.92 Å². The standard InChI is InChI=1S/C26H23NO2/c1-17(2)20-14-10-19(11-15-20)16-22(25(28)21-12-8-18(3)9-13-21)26-27-23-6-4-5-7-24(23)29-26/h4-17H,1-3H3. The molecule has 0 aliphatic rings. The number of para-hydroxylation sites is 2. The van der Waals surface area contributed by atoms with E-state index in [1.54, 1.807) is 0 Å². The first-order valence-corrected chi connectivity index (χ1v) is 9.80. The number of carbonyl (C=O) groups excluding carboxylic acids is 1. The molecule has 0 atom stereocenters. The van der Waals surface area contributed by atoms with Crippen LogP contribution >= 0.6 is 0 Å². The van der Waals surface area contributed by atoms with Crippen molar-refractivity contribution in [2.45, 2.75) is 26.7 Å². The summed E-state index contributed by atoms with van der Waals surface area (Å²) >= 11 is 0. The van der Waals surface area contributed by atoms with Crippen LogP contribution in [0.3, 0.4) is 0 Å². The monoisotopic (exact) mass is 381 g/mol. The van der Waals surface area contributed by atoms with Crippen molar-refractivity contribution in [2.75, 3.05) is 0 Å². The average Bonchev–Trinajstić information content (AvgIpc) is 3.16. The summed E-state index contributed by atoms with van der Waals surface area (Å²) in [7, 11) is 0. The maximum absolute atomic E-state index is 13.3. The Kier molecular flexibility index (Phi) is 5.13. The van der Waals surface area contributed by atoms with Gasteiger partial charge in [-0.05, 0) is 42.2 Å². The Morgan fingerprint density at radius 3 is 2.28 bits per heavy atom. The van der Waals surface area contributed by atoms with E-state index in [1.807, 2.05) is 73.7 Å². The van der Waals surface area contributed by atoms with Gasteiger partial charge in [0.05, 0.1) is 5.57 Å². The number of allylic oxidation sites excluding steroid dienone is 1. The third kappa shape index (κ3) is 4.04. The summed E-state index contributed by atoms with van der Waals surface area (Å²) in [5.41, 5.74) is 5.77. The number of oxazole rings is 1. The van der Waals surface area contributed by atoms with E-state index in [2.05, 4.69) is 31.0 Å². The molecule has 3 heteroatoms. The molecule has 0 N–H and O–H groups in total. The first-order valence-electron chi connectivity index (χ1n) is 9.80. The van der Waals surface area contributed by atoms with Crippen molar-refractivity contribution in [3.63, 3.8) is 0 Å². The fraction of sp³-hybridized carbons (Fsp3) is 0.154. The molecule has 144 valence electrons. The number of aryl methyl sites for hydroxylation is 1. The molecular formula is C26H23NO2. The number of benzene rings is 3. The van der Waals surface area contributed by atoms with Gasteiger partial charge in [-0.1, -0.05) is 80.1 Å². The summed E-state index contributed by atoms with van der Waals surface area (Å²) < 4.78 is 5.93. The van der Waals surface area contributed by atoms with Gasteiger partial charge in [0.1, 0.15) is 5.52 Å². The van der Waals surface area contributed by atoms with Crippen LogP contribution in [0.15, 0.2) is 77.2 Å². The van der Waals surface area contributed by atoms with E-state index in [0.29, 0.717) is 28.5 Å². The Hall–Kier alpha value is -3.46. The molecule has 0 saturated carbocycles. The van der Waals surface area contributed by atoms with Crippen LogP contribution in [0.4, 0.5) is 0 Å². The largest absolute Gasteiger partial charge is 0.436 e. The zero-order chi connectivity index (χ0) is 20.4. The molecule has 0 aliphatic carbocycles. The zero-order valence-corrected chi connectivity index (χ0v) is 16.8. The number of nitrogens with zero attached hydrogens (tertiary/aromatic N) is 1. The predicted octanol–water partition coefficient (Wildman–Crippen LogP) is 6.68. The Labute approximate surface area is 170 Å². The van der Waals surface area contributed by atoms with Crippen LogP contribution in [0.25, 0.3) is 22.7 Å². The van der Waals surface area contributed by atoms with Gasteiger partial charge >= 0.3 is 0 Å². The quantitative estimate of drug-likeness (QED) is 0.286. The maximum Gasteiger partial charge on any atom is 0.231 e. The predicted molar refractivity (Wildman–Crippen MR) is 118 cm³/mol. The molecule has 0 unspecified atom stereocenters. The van der Waals surface area contributed by atoms with E-state index in [1.165, 1.54) is 5.56 Å². The van der Waals surface area contributed by atoms with E-state index in [-0.39, 0.29) is 5.78 Å². The summed E-state index contributed by atoms with van der Waals surface area (Å²) in [5, 5.41) is 0. The minimum absolute atomic E-state index is 0.107. The second-order valence-electron chi connectivity index (χ2n) is 7.56. The van der Waals surface area contributed by atoms with Gasteiger partial charge in [0.15, 0.2) is 11.4 Å². The summed E-state index contributed by atoms with van der Waals surface area (Å²) in [4.78, 5) is 17.9. The first kappa shape index (κ1) is 18.9. The molecule has 0 fully saturated rings. The lowest BCUT2D eigenvalue weighted by Crippen LogP contribution is -2.03. The fourth-order valence-electron chi connectivity index (χ4n) is 3.22. The van der Waals surface area contributed by atoms with Crippen molar-refractivity contribution in [1.29, 1.82) is 0 Å². The van der Waals surface area contributed by atoms with Gasteiger partial charge in [-0.3, -0.25) is 4.79 Å². The lowest BCUT2D eigenvalue weighted by Gasteiger charge is -2.07. The molecule has 29 heavy (non-hydrogen) atoms. The highest BCUT2D eigenvalue weighted by atomic mass is 16.3. The minimum Gasteiger partial charge on any atom is -0.436 e. The highest BCUT2D eigenvalue weighted by Gasteiger charge is 2.20. The summed E-state index contributed by atoms with van der Waals surface area (Å²) in [6, 6.07) is 23.4. The normalized spacial score (nSPS) is 11.9. The molecule has 0 aliphatic heterocycles. The number of aromatic nitrogens is 1. The molecule has 0 radical (unpaired) electrons. The number of Topliss-reactive ketones (excluding diaryl/α,β-unsaturated/α-hetero) is 1. The lowest BCUT2D eigenvalue weighted by molar-refractivity contribution is 0.105. The molecule has 3 aromatic carbocycles. The van der Waals surface area contributed by atoms with Crippen molar-refractivity contribution in [3.8, 4) is 0 Å². The van der Waals surface area contributed by atoms with Crippen molar-refractivity contribution < 1.29 is 9.21 Å². The van der Waals surface area contributed by atoms with Gasteiger partial charge in [-0.15, -0.1) is 0 Å². The van der Waals surface area contributed by atoms with Crippen LogP contribution in [-0.2, 0) is 0 Å². The van der Waals surface area contributed by atoms with E-state index < -0.39 is 0 Å². The molecule has 0 saturated heterocycles. The second-order valence-corrected chi connectivity index (χ2v) is 7.56. The highest BCUT2D eigenvalue weighted by molar-refractivity contribution is 6.31. The lowest BCUT2D eigenvalue weighted by atomic mass is 9.98. The van der Waals surface area contributed by atoms with Gasteiger partial charge in [0, 0.05) is 5.56 Å². The highest BCUT2D eigenvalue weighted by Crippen LogP contribution is 2.27. The van der Waals surface area contributed by atoms with Crippen LogP contribution in [0.1, 0.15) is 52.7 Å². The van der Waals surface area contributed by atoms with Gasteiger partial charge in [0.25, 0.3) is 0 Å². The number of hydrogen-bond donors (Lipinski definition) is 0. The summed E-state index contributed by atoms with van der Waals surface area (Å²) in [6.45, 7) is 6.33. The Bertz CT molecular complexity index is 1150. The smallest absolute Gasteiger partial charge is 0.231 e. The van der Waals surface area contributed by atoms with Crippen molar-refractivity contribution in [2.24, 2.45) is 0 Å². The van der Waals surface area contributed by atoms with E-state index >= 15 is 0 Å². The number of hydrogen-bond acceptors (Lipinski definition) is 3. The molecule has 0 amide bonds. The van der Waals surface area contributed by atoms with Gasteiger partial charge in [-0.25, -0.2) is 4.98 Å². The molecule has 0 spiro atoms. The molecule has 3 nitrogen and oxygen atoms in total. The number of rotatable bonds is 5. The van der Waals surface area contributed by atoms with Crippen LogP contribution in [0.5, 0.6) is 0 Å². The topological polar surface area (TPSA) is 43.1 Å². The molecule has 4 aromatic rings. The molecular weight excluding hydrogens is 358 g/mol. The second kappa shape index (κ2) is 7.88. The van der Waals surface area contributed by atoms with Crippen LogP contribution in [0.2, 0.25) is 0 Å². The van der Waals surface area contributed by atoms with Gasteiger partial charge in [0.2, 0.25) is 5.89 Å². The van der Waals surface area contributed by atoms with E-state index in [9.17, 15) is 4.79 Å². The third-order valence-electron chi connectivity index (χ3n) is 5.00.